The highest BCUT2D eigenvalue weighted by Crippen LogP contribution is 2.08. The fourth-order valence-electron chi connectivity index (χ4n) is 1.34. The minimum atomic E-state index is -0.597. The van der Waals surface area contributed by atoms with Crippen molar-refractivity contribution in [3.05, 3.63) is 61.9 Å². The van der Waals surface area contributed by atoms with E-state index in [2.05, 4.69) is 11.8 Å². The summed E-state index contributed by atoms with van der Waals surface area (Å²) >= 11 is 0. The Morgan fingerprint density at radius 2 is 1.69 bits per heavy atom. The lowest BCUT2D eigenvalue weighted by molar-refractivity contribution is 0.404. The van der Waals surface area contributed by atoms with E-state index in [1.54, 1.807) is 0 Å². The van der Waals surface area contributed by atoms with Crippen molar-refractivity contribution in [1.29, 1.82) is 0 Å². The lowest BCUT2D eigenvalue weighted by Gasteiger charge is -2.02. The first-order valence-corrected chi connectivity index (χ1v) is 4.68. The lowest BCUT2D eigenvalue weighted by atomic mass is 10.1. The molecule has 0 saturated carbocycles. The Balaban J connectivity index is 2.37. The van der Waals surface area contributed by atoms with Gasteiger partial charge >= 0.3 is 0 Å². The monoisotopic (exact) mass is 212 g/mol. The highest BCUT2D eigenvalue weighted by molar-refractivity contribution is 5.53. The average Bonchev–Trinajstić information content (AvgIpc) is 2.34. The van der Waals surface area contributed by atoms with Crippen LogP contribution >= 0.6 is 0 Å². The number of hydrogen-bond acceptors (Lipinski definition) is 3. The summed E-state index contributed by atoms with van der Waals surface area (Å²) in [7, 11) is 1.35. The van der Waals surface area contributed by atoms with Crippen LogP contribution in [0.4, 0.5) is 0 Å². The van der Waals surface area contributed by atoms with E-state index in [-0.39, 0.29) is 11.3 Å². The van der Waals surface area contributed by atoms with Crippen LogP contribution in [-0.4, -0.2) is 7.11 Å². The van der Waals surface area contributed by atoms with Crippen molar-refractivity contribution in [2.45, 2.75) is 0 Å². The van der Waals surface area contributed by atoms with Crippen LogP contribution in [0.5, 0.6) is 5.75 Å². The van der Waals surface area contributed by atoms with Gasteiger partial charge in [0, 0.05) is 5.56 Å². The lowest BCUT2D eigenvalue weighted by Crippen LogP contribution is -2.35. The van der Waals surface area contributed by atoms with Gasteiger partial charge in [0.1, 0.15) is 5.56 Å². The van der Waals surface area contributed by atoms with Gasteiger partial charge in [-0.2, -0.15) is 0 Å². The third-order valence-corrected chi connectivity index (χ3v) is 2.18. The van der Waals surface area contributed by atoms with Gasteiger partial charge in [-0.15, -0.1) is 0 Å². The van der Waals surface area contributed by atoms with Crippen molar-refractivity contribution in [2.24, 2.45) is 0 Å². The zero-order valence-corrected chi connectivity index (χ0v) is 8.61. The number of rotatable bonds is 1. The number of methoxy groups -OCH3 is 1. The maximum Gasteiger partial charge on any atom is 0.270 e. The largest absolute Gasteiger partial charge is 0.491 e. The van der Waals surface area contributed by atoms with Crippen LogP contribution in [0.1, 0.15) is 11.1 Å². The molecule has 0 N–H and O–H groups in total. The standard InChI is InChI=1S/C13H8O3/c1-16-13-10(11(14)12(13)15)8-7-9-5-3-2-4-6-9/h2-6H,1H3. The summed E-state index contributed by atoms with van der Waals surface area (Å²) in [5, 5.41) is 0. The molecule has 0 fully saturated rings. The molecule has 0 aliphatic carbocycles. The molecule has 0 spiro atoms. The molecule has 78 valence electrons. The van der Waals surface area contributed by atoms with Crippen LogP contribution in [0.3, 0.4) is 0 Å². The summed E-state index contributed by atoms with van der Waals surface area (Å²) < 4.78 is 4.78. The molecule has 2 aromatic rings. The molecule has 3 nitrogen and oxygen atoms in total. The summed E-state index contributed by atoms with van der Waals surface area (Å²) in [5.41, 5.74) is -0.214. The summed E-state index contributed by atoms with van der Waals surface area (Å²) in [6.45, 7) is 0. The molecule has 0 heterocycles. The molecule has 0 unspecified atom stereocenters. The van der Waals surface area contributed by atoms with E-state index < -0.39 is 10.9 Å². The summed E-state index contributed by atoms with van der Waals surface area (Å²) in [4.78, 5) is 22.2. The third kappa shape index (κ3) is 1.61. The Morgan fingerprint density at radius 3 is 2.31 bits per heavy atom. The van der Waals surface area contributed by atoms with Crippen molar-refractivity contribution < 1.29 is 4.74 Å². The van der Waals surface area contributed by atoms with E-state index >= 15 is 0 Å². The van der Waals surface area contributed by atoms with E-state index in [0.717, 1.165) is 5.56 Å². The molecule has 0 bridgehead atoms. The number of ether oxygens (including phenoxy) is 1. The van der Waals surface area contributed by atoms with Gasteiger partial charge in [0.2, 0.25) is 5.43 Å². The molecule has 0 amide bonds. The van der Waals surface area contributed by atoms with Gasteiger partial charge in [0.05, 0.1) is 7.11 Å². The van der Waals surface area contributed by atoms with Crippen molar-refractivity contribution in [1.82, 2.24) is 0 Å². The maximum absolute atomic E-state index is 11.2. The van der Waals surface area contributed by atoms with E-state index in [1.807, 2.05) is 30.3 Å². The van der Waals surface area contributed by atoms with Crippen LogP contribution in [0, 0.1) is 11.8 Å². The molecule has 0 aliphatic heterocycles. The molecule has 0 saturated heterocycles. The Hall–Kier alpha value is -2.34. The van der Waals surface area contributed by atoms with Crippen molar-refractivity contribution in [3.63, 3.8) is 0 Å². The Labute approximate surface area is 92.0 Å². The predicted octanol–water partition coefficient (Wildman–Crippen LogP) is 0.691. The fourth-order valence-corrected chi connectivity index (χ4v) is 1.34. The van der Waals surface area contributed by atoms with Gasteiger partial charge in [-0.25, -0.2) is 0 Å². The van der Waals surface area contributed by atoms with E-state index in [0.29, 0.717) is 0 Å². The van der Waals surface area contributed by atoms with Gasteiger partial charge in [-0.1, -0.05) is 30.0 Å². The van der Waals surface area contributed by atoms with E-state index in [9.17, 15) is 9.59 Å². The van der Waals surface area contributed by atoms with E-state index in [4.69, 9.17) is 4.74 Å². The first-order valence-electron chi connectivity index (χ1n) is 4.68. The van der Waals surface area contributed by atoms with Crippen molar-refractivity contribution in [2.75, 3.05) is 7.11 Å². The average molecular weight is 212 g/mol. The molecule has 0 aliphatic rings. The molecule has 0 atom stereocenters. The second-order valence-electron chi connectivity index (χ2n) is 3.18. The van der Waals surface area contributed by atoms with Gasteiger partial charge < -0.3 is 4.74 Å². The molecular weight excluding hydrogens is 204 g/mol. The normalized spacial score (nSPS) is 9.56. The fraction of sp³-hybridized carbons (Fsp3) is 0.0769. The van der Waals surface area contributed by atoms with Gasteiger partial charge in [-0.05, 0) is 12.1 Å². The number of hydrogen-bond donors (Lipinski definition) is 0. The van der Waals surface area contributed by atoms with Crippen LogP contribution < -0.4 is 15.6 Å². The van der Waals surface area contributed by atoms with Crippen LogP contribution in [0.2, 0.25) is 0 Å². The smallest absolute Gasteiger partial charge is 0.270 e. The van der Waals surface area contributed by atoms with Crippen LogP contribution in [0.15, 0.2) is 39.9 Å². The Kier molecular flexibility index (Phi) is 2.57. The first-order chi connectivity index (χ1) is 7.74. The van der Waals surface area contributed by atoms with Crippen molar-refractivity contribution >= 4 is 0 Å². The molecule has 3 heteroatoms. The Bertz CT molecular complexity index is 635. The topological polar surface area (TPSA) is 43.4 Å². The minimum Gasteiger partial charge on any atom is -0.491 e. The van der Waals surface area contributed by atoms with E-state index in [1.165, 1.54) is 7.11 Å². The zero-order chi connectivity index (χ0) is 11.5. The highest BCUT2D eigenvalue weighted by atomic mass is 16.5. The molecule has 2 rings (SSSR count). The van der Waals surface area contributed by atoms with Crippen LogP contribution in [-0.2, 0) is 0 Å². The molecule has 2 aromatic carbocycles. The van der Waals surface area contributed by atoms with Gasteiger partial charge in [0.25, 0.3) is 5.43 Å². The minimum absolute atomic E-state index is 0.0634. The predicted molar refractivity (Wildman–Crippen MR) is 60.3 cm³/mol. The molecule has 16 heavy (non-hydrogen) atoms. The summed E-state index contributed by atoms with van der Waals surface area (Å²) in [6, 6.07) is 9.23. The molecule has 0 radical (unpaired) electrons. The second kappa shape index (κ2) is 4.03. The maximum atomic E-state index is 11.2. The molecular formula is C13H8O3. The van der Waals surface area contributed by atoms with Gasteiger partial charge in [0.15, 0.2) is 5.75 Å². The van der Waals surface area contributed by atoms with Crippen LogP contribution in [0.25, 0.3) is 0 Å². The quantitative estimate of drug-likeness (QED) is 0.516. The van der Waals surface area contributed by atoms with Crippen molar-refractivity contribution in [3.8, 4) is 17.6 Å². The second-order valence-corrected chi connectivity index (χ2v) is 3.18. The summed E-state index contributed by atoms with van der Waals surface area (Å²) in [6.07, 6.45) is 0. The highest BCUT2D eigenvalue weighted by Gasteiger charge is 2.19. The molecule has 0 aromatic heterocycles. The Morgan fingerprint density at radius 1 is 1.00 bits per heavy atom. The third-order valence-electron chi connectivity index (χ3n) is 2.18. The van der Waals surface area contributed by atoms with Gasteiger partial charge in [-0.3, -0.25) is 9.59 Å². The first kappa shape index (κ1) is 10.2. The zero-order valence-electron chi connectivity index (χ0n) is 8.61. The number of benzene rings is 1. The summed E-state index contributed by atoms with van der Waals surface area (Å²) in [5.74, 6) is 5.52. The SMILES string of the molecule is COc1c(C#Cc2ccccc2)c(=O)c1=O.